The molecule has 1 aromatic heterocycles. The first-order valence-corrected chi connectivity index (χ1v) is 11.3. The predicted molar refractivity (Wildman–Crippen MR) is 123 cm³/mol. The molecule has 1 saturated heterocycles. The van der Waals surface area contributed by atoms with Gasteiger partial charge in [-0.3, -0.25) is 9.59 Å². The second-order valence-corrected chi connectivity index (χ2v) is 9.11. The molecule has 0 aliphatic carbocycles. The van der Waals surface area contributed by atoms with Crippen molar-refractivity contribution in [1.29, 1.82) is 0 Å². The molecular formula is C26H29N3O3. The van der Waals surface area contributed by atoms with Gasteiger partial charge in [-0.1, -0.05) is 42.5 Å². The molecule has 3 aromatic rings. The zero-order chi connectivity index (χ0) is 22.3. The van der Waals surface area contributed by atoms with Gasteiger partial charge in [0.15, 0.2) is 0 Å². The Labute approximate surface area is 188 Å². The third-order valence-electron chi connectivity index (χ3n) is 6.93. The summed E-state index contributed by atoms with van der Waals surface area (Å²) in [5.41, 5.74) is 2.73. The minimum atomic E-state index is -1.02. The highest BCUT2D eigenvalue weighted by Gasteiger charge is 2.47. The molecule has 1 fully saturated rings. The Bertz CT molecular complexity index is 1180. The molecule has 0 unspecified atom stereocenters. The molecule has 166 valence electrons. The summed E-state index contributed by atoms with van der Waals surface area (Å²) in [7, 11) is 0. The van der Waals surface area contributed by atoms with Crippen molar-refractivity contribution in [2.75, 3.05) is 13.2 Å². The molecule has 2 aliphatic heterocycles. The quantitative estimate of drug-likeness (QED) is 0.671. The van der Waals surface area contributed by atoms with Crippen LogP contribution in [-0.4, -0.2) is 46.1 Å². The summed E-state index contributed by atoms with van der Waals surface area (Å²) >= 11 is 0. The Morgan fingerprint density at radius 2 is 1.97 bits per heavy atom. The summed E-state index contributed by atoms with van der Waals surface area (Å²) < 4.78 is 7.68. The van der Waals surface area contributed by atoms with Gasteiger partial charge in [0.1, 0.15) is 11.2 Å². The Morgan fingerprint density at radius 1 is 1.19 bits per heavy atom. The van der Waals surface area contributed by atoms with E-state index in [0.29, 0.717) is 25.3 Å². The van der Waals surface area contributed by atoms with Crippen molar-refractivity contribution in [3.05, 3.63) is 71.4 Å². The van der Waals surface area contributed by atoms with E-state index in [4.69, 9.17) is 4.74 Å². The molecule has 2 aliphatic rings. The maximum atomic E-state index is 13.8. The van der Waals surface area contributed by atoms with Gasteiger partial charge in [-0.25, -0.2) is 0 Å². The molecule has 5 rings (SSSR count). The van der Waals surface area contributed by atoms with E-state index in [0.717, 1.165) is 41.5 Å². The lowest BCUT2D eigenvalue weighted by atomic mass is 9.93. The number of ether oxygens (including phenoxy) is 1. The fourth-order valence-electron chi connectivity index (χ4n) is 4.91. The molecule has 1 N–H and O–H groups in total. The molecule has 0 bridgehead atoms. The molecule has 0 radical (unpaired) electrons. The molecule has 2 aromatic carbocycles. The summed E-state index contributed by atoms with van der Waals surface area (Å²) in [6.07, 6.45) is 2.03. The second kappa shape index (κ2) is 8.10. The predicted octanol–water partition coefficient (Wildman–Crippen LogP) is 3.66. The largest absolute Gasteiger partial charge is 0.376 e. The Morgan fingerprint density at radius 3 is 2.75 bits per heavy atom. The van der Waals surface area contributed by atoms with E-state index in [1.165, 1.54) is 0 Å². The van der Waals surface area contributed by atoms with Crippen molar-refractivity contribution < 1.29 is 14.3 Å². The van der Waals surface area contributed by atoms with Crippen molar-refractivity contribution in [2.45, 2.75) is 51.4 Å². The molecule has 6 heteroatoms. The first-order valence-electron chi connectivity index (χ1n) is 11.3. The summed E-state index contributed by atoms with van der Waals surface area (Å²) in [6.45, 7) is 5.93. The minimum Gasteiger partial charge on any atom is -0.376 e. The lowest BCUT2D eigenvalue weighted by Crippen LogP contribution is -2.64. The van der Waals surface area contributed by atoms with Crippen LogP contribution in [-0.2, 0) is 22.6 Å². The number of nitrogens with one attached hydrogen (secondary N) is 1. The van der Waals surface area contributed by atoms with Gasteiger partial charge in [0.2, 0.25) is 5.91 Å². The SMILES string of the molecule is Cc1ccccc1CN1C(=O)c2cc3ccccc3n2C[C@]1(C)C(=O)NC[C@H]1CCCO1. The number of nitrogens with zero attached hydrogens (tertiary/aromatic N) is 2. The fraction of sp³-hybridized carbons (Fsp3) is 0.385. The topological polar surface area (TPSA) is 63.6 Å². The smallest absolute Gasteiger partial charge is 0.271 e. The number of rotatable bonds is 5. The number of amides is 2. The third kappa shape index (κ3) is 3.48. The molecule has 2 atom stereocenters. The number of para-hydroxylation sites is 1. The van der Waals surface area contributed by atoms with Gasteiger partial charge >= 0.3 is 0 Å². The van der Waals surface area contributed by atoms with E-state index in [9.17, 15) is 9.59 Å². The average Bonchev–Trinajstić information content (AvgIpc) is 3.44. The molecule has 32 heavy (non-hydrogen) atoms. The Balaban J connectivity index is 1.53. The molecular weight excluding hydrogens is 402 g/mol. The van der Waals surface area contributed by atoms with Gasteiger partial charge < -0.3 is 19.5 Å². The van der Waals surface area contributed by atoms with E-state index in [-0.39, 0.29) is 17.9 Å². The van der Waals surface area contributed by atoms with Crippen LogP contribution in [0.5, 0.6) is 0 Å². The third-order valence-corrected chi connectivity index (χ3v) is 6.93. The molecule has 0 spiro atoms. The number of carbonyl (C=O) groups excluding carboxylic acids is 2. The Hall–Kier alpha value is -3.12. The van der Waals surface area contributed by atoms with Crippen molar-refractivity contribution in [1.82, 2.24) is 14.8 Å². The van der Waals surface area contributed by atoms with Crippen LogP contribution in [0.3, 0.4) is 0 Å². The standard InChI is InChI=1S/C26H29N3O3/c1-18-8-3-4-10-20(18)16-29-24(30)23-14-19-9-5-6-12-22(19)28(23)17-26(29,2)25(31)27-15-21-11-7-13-32-21/h3-6,8-10,12,14,21H,7,11,13,15-17H2,1-2H3,(H,27,31)/t21-,26-/m1/s1. The summed E-state index contributed by atoms with van der Waals surface area (Å²) in [6, 6.07) is 17.9. The normalized spacial score (nSPS) is 22.9. The van der Waals surface area contributed by atoms with Crippen molar-refractivity contribution in [3.63, 3.8) is 0 Å². The zero-order valence-electron chi connectivity index (χ0n) is 18.6. The highest BCUT2D eigenvalue weighted by Crippen LogP contribution is 2.34. The lowest BCUT2D eigenvalue weighted by Gasteiger charge is -2.44. The number of aryl methyl sites for hydroxylation is 1. The number of hydrogen-bond acceptors (Lipinski definition) is 3. The average molecular weight is 432 g/mol. The van der Waals surface area contributed by atoms with Crippen molar-refractivity contribution in [2.24, 2.45) is 0 Å². The van der Waals surface area contributed by atoms with Gasteiger partial charge in [-0.15, -0.1) is 0 Å². The number of carbonyl (C=O) groups is 2. The maximum absolute atomic E-state index is 13.8. The zero-order valence-corrected chi connectivity index (χ0v) is 18.6. The van der Waals surface area contributed by atoms with Crippen LogP contribution in [0.2, 0.25) is 0 Å². The monoisotopic (exact) mass is 431 g/mol. The first kappa shape index (κ1) is 20.8. The molecule has 6 nitrogen and oxygen atoms in total. The number of hydrogen-bond donors (Lipinski definition) is 1. The fourth-order valence-corrected chi connectivity index (χ4v) is 4.91. The number of benzene rings is 2. The van der Waals surface area contributed by atoms with E-state index in [1.54, 1.807) is 4.90 Å². The maximum Gasteiger partial charge on any atom is 0.271 e. The van der Waals surface area contributed by atoms with Gasteiger partial charge in [-0.2, -0.15) is 0 Å². The second-order valence-electron chi connectivity index (χ2n) is 9.11. The van der Waals surface area contributed by atoms with E-state index < -0.39 is 5.54 Å². The van der Waals surface area contributed by atoms with Crippen molar-refractivity contribution in [3.8, 4) is 0 Å². The highest BCUT2D eigenvalue weighted by molar-refractivity contribution is 6.03. The minimum absolute atomic E-state index is 0.0506. The Kier molecular flexibility index (Phi) is 5.25. The van der Waals surface area contributed by atoms with Gasteiger partial charge in [0.05, 0.1) is 12.6 Å². The van der Waals surface area contributed by atoms with Crippen LogP contribution in [0.15, 0.2) is 54.6 Å². The lowest BCUT2D eigenvalue weighted by molar-refractivity contribution is -0.133. The van der Waals surface area contributed by atoms with Crippen LogP contribution in [0, 0.1) is 6.92 Å². The van der Waals surface area contributed by atoms with Crippen LogP contribution < -0.4 is 5.32 Å². The summed E-state index contributed by atoms with van der Waals surface area (Å²) in [5.74, 6) is -0.260. The van der Waals surface area contributed by atoms with Crippen LogP contribution in [0.4, 0.5) is 0 Å². The number of fused-ring (bicyclic) bond motifs is 3. The van der Waals surface area contributed by atoms with Gasteiger partial charge in [0, 0.05) is 30.6 Å². The van der Waals surface area contributed by atoms with Crippen LogP contribution in [0.1, 0.15) is 41.4 Å². The van der Waals surface area contributed by atoms with Crippen LogP contribution >= 0.6 is 0 Å². The molecule has 0 saturated carbocycles. The van der Waals surface area contributed by atoms with Crippen LogP contribution in [0.25, 0.3) is 10.9 Å². The number of aromatic nitrogens is 1. The van der Waals surface area contributed by atoms with Gasteiger partial charge in [-0.05, 0) is 49.9 Å². The van der Waals surface area contributed by atoms with Gasteiger partial charge in [0.25, 0.3) is 5.91 Å². The van der Waals surface area contributed by atoms with E-state index in [2.05, 4.69) is 5.32 Å². The van der Waals surface area contributed by atoms with E-state index in [1.807, 2.05) is 73.0 Å². The first-order chi connectivity index (χ1) is 15.5. The summed E-state index contributed by atoms with van der Waals surface area (Å²) in [4.78, 5) is 29.1. The summed E-state index contributed by atoms with van der Waals surface area (Å²) in [5, 5.41) is 4.10. The molecule has 2 amide bonds. The van der Waals surface area contributed by atoms with E-state index >= 15 is 0 Å². The van der Waals surface area contributed by atoms with Crippen molar-refractivity contribution >= 4 is 22.7 Å². The highest BCUT2D eigenvalue weighted by atomic mass is 16.5. The molecule has 3 heterocycles.